The summed E-state index contributed by atoms with van der Waals surface area (Å²) in [6.07, 6.45) is 0.708. The molecule has 124 valence electrons. The Bertz CT molecular complexity index is 767. The zero-order valence-corrected chi connectivity index (χ0v) is 15.0. The van der Waals surface area contributed by atoms with E-state index in [1.54, 1.807) is 0 Å². The van der Waals surface area contributed by atoms with E-state index in [0.717, 1.165) is 27.0 Å². The number of aliphatic carboxylic acids is 1. The van der Waals surface area contributed by atoms with E-state index < -0.39 is 5.97 Å². The Kier molecular flexibility index (Phi) is 5.04. The molecule has 0 aliphatic carbocycles. The molecule has 0 fully saturated rings. The van der Waals surface area contributed by atoms with E-state index in [4.69, 9.17) is 5.11 Å². The number of carboxylic acids is 1. The highest BCUT2D eigenvalue weighted by Gasteiger charge is 2.27. The van der Waals surface area contributed by atoms with Gasteiger partial charge >= 0.3 is 5.97 Å². The van der Waals surface area contributed by atoms with E-state index in [1.807, 2.05) is 40.7 Å². The van der Waals surface area contributed by atoms with Crippen LogP contribution >= 0.6 is 11.3 Å². The number of carbonyl (C=O) groups is 2. The largest absolute Gasteiger partial charge is 0.480 e. The maximum atomic E-state index is 12.9. The van der Waals surface area contributed by atoms with Crippen LogP contribution in [0.3, 0.4) is 0 Å². The summed E-state index contributed by atoms with van der Waals surface area (Å²) in [7, 11) is 0. The molecule has 0 saturated carbocycles. The summed E-state index contributed by atoms with van der Waals surface area (Å²) in [6, 6.07) is 1.87. The van der Waals surface area contributed by atoms with Gasteiger partial charge in [-0.25, -0.2) is 4.98 Å². The second kappa shape index (κ2) is 6.66. The van der Waals surface area contributed by atoms with E-state index in [-0.39, 0.29) is 18.5 Å². The first-order chi connectivity index (χ1) is 10.8. The molecule has 0 spiro atoms. The van der Waals surface area contributed by atoms with Crippen LogP contribution in [-0.4, -0.2) is 39.5 Å². The van der Waals surface area contributed by atoms with Crippen molar-refractivity contribution in [2.45, 2.75) is 47.1 Å². The number of hydrogen-bond acceptors (Lipinski definition) is 4. The average molecular weight is 334 g/mol. The van der Waals surface area contributed by atoms with E-state index in [0.29, 0.717) is 11.3 Å². The van der Waals surface area contributed by atoms with Crippen molar-refractivity contribution in [3.63, 3.8) is 0 Å². The van der Waals surface area contributed by atoms with Crippen LogP contribution in [0.5, 0.6) is 0 Å². The predicted molar refractivity (Wildman–Crippen MR) is 92.3 cm³/mol. The summed E-state index contributed by atoms with van der Waals surface area (Å²) in [5.74, 6) is -1.22. The Morgan fingerprint density at radius 2 is 2.00 bits per heavy atom. The van der Waals surface area contributed by atoms with Crippen molar-refractivity contribution in [1.29, 1.82) is 0 Å². The number of aryl methyl sites for hydroxylation is 3. The summed E-state index contributed by atoms with van der Waals surface area (Å²) < 4.78 is 0. The first-order valence-corrected chi connectivity index (χ1v) is 8.48. The number of pyridine rings is 1. The summed E-state index contributed by atoms with van der Waals surface area (Å²) in [4.78, 5) is 31.4. The van der Waals surface area contributed by atoms with E-state index in [2.05, 4.69) is 4.98 Å². The first-order valence-electron chi connectivity index (χ1n) is 7.66. The summed E-state index contributed by atoms with van der Waals surface area (Å²) >= 11 is 1.35. The monoisotopic (exact) mass is 334 g/mol. The van der Waals surface area contributed by atoms with Crippen molar-refractivity contribution < 1.29 is 14.7 Å². The van der Waals surface area contributed by atoms with Crippen LogP contribution < -0.4 is 0 Å². The van der Waals surface area contributed by atoms with E-state index >= 15 is 0 Å². The van der Waals surface area contributed by atoms with E-state index in [1.165, 1.54) is 16.2 Å². The minimum Gasteiger partial charge on any atom is -0.480 e. The molecule has 0 radical (unpaired) electrons. The molecule has 0 saturated heterocycles. The molecule has 0 bridgehead atoms. The second-order valence-electron chi connectivity index (χ2n) is 5.90. The molecule has 5 nitrogen and oxygen atoms in total. The lowest BCUT2D eigenvalue weighted by atomic mass is 10.1. The van der Waals surface area contributed by atoms with Gasteiger partial charge in [0.25, 0.3) is 5.91 Å². The lowest BCUT2D eigenvalue weighted by Crippen LogP contribution is -2.41. The molecule has 23 heavy (non-hydrogen) atoms. The zero-order valence-electron chi connectivity index (χ0n) is 14.1. The summed E-state index contributed by atoms with van der Waals surface area (Å²) in [6.45, 7) is 9.38. The highest BCUT2D eigenvalue weighted by Crippen LogP contribution is 2.33. The topological polar surface area (TPSA) is 70.5 Å². The lowest BCUT2D eigenvalue weighted by Gasteiger charge is -2.26. The molecule has 0 aliphatic rings. The third kappa shape index (κ3) is 3.37. The van der Waals surface area contributed by atoms with Gasteiger partial charge in [0.05, 0.1) is 4.88 Å². The van der Waals surface area contributed by atoms with Gasteiger partial charge in [0, 0.05) is 17.1 Å². The quantitative estimate of drug-likeness (QED) is 0.908. The number of hydrogen-bond donors (Lipinski definition) is 1. The molecule has 1 amide bonds. The number of amides is 1. The Hall–Kier alpha value is -1.95. The fraction of sp³-hybridized carbons (Fsp3) is 0.471. The summed E-state index contributed by atoms with van der Waals surface area (Å²) in [5, 5.41) is 10.1. The first kappa shape index (κ1) is 17.4. The fourth-order valence-corrected chi connectivity index (χ4v) is 4.01. The number of aromatic nitrogens is 1. The third-order valence-corrected chi connectivity index (χ3v) is 5.28. The second-order valence-corrected chi connectivity index (χ2v) is 6.90. The fourth-order valence-electron chi connectivity index (χ4n) is 2.75. The molecule has 2 rings (SSSR count). The molecule has 1 atom stereocenters. The number of rotatable bonds is 5. The van der Waals surface area contributed by atoms with Gasteiger partial charge in [-0.1, -0.05) is 6.92 Å². The van der Waals surface area contributed by atoms with Crippen LogP contribution in [0.15, 0.2) is 6.07 Å². The minimum atomic E-state index is -0.998. The molecular formula is C17H22N2O3S. The molecule has 0 aromatic carbocycles. The molecule has 1 unspecified atom stereocenters. The maximum Gasteiger partial charge on any atom is 0.323 e. The van der Waals surface area contributed by atoms with Crippen molar-refractivity contribution in [2.24, 2.45) is 0 Å². The molecule has 6 heteroatoms. The van der Waals surface area contributed by atoms with Crippen molar-refractivity contribution in [3.8, 4) is 0 Å². The van der Waals surface area contributed by atoms with E-state index in [9.17, 15) is 9.59 Å². The maximum absolute atomic E-state index is 12.9. The number of fused-ring (bicyclic) bond motifs is 1. The number of carbonyl (C=O) groups excluding carboxylic acids is 1. The Morgan fingerprint density at radius 3 is 2.57 bits per heavy atom. The molecule has 2 aromatic rings. The number of thiophene rings is 1. The molecule has 1 N–H and O–H groups in total. The van der Waals surface area contributed by atoms with Gasteiger partial charge in [0.1, 0.15) is 11.4 Å². The number of carboxylic acid groups (broad SMARTS) is 1. The normalized spacial score (nSPS) is 12.4. The van der Waals surface area contributed by atoms with Gasteiger partial charge in [0.15, 0.2) is 0 Å². The van der Waals surface area contributed by atoms with Crippen LogP contribution in [-0.2, 0) is 4.79 Å². The van der Waals surface area contributed by atoms with Crippen LogP contribution in [0, 0.1) is 20.8 Å². The molecule has 2 heterocycles. The van der Waals surface area contributed by atoms with Gasteiger partial charge < -0.3 is 10.0 Å². The Morgan fingerprint density at radius 1 is 1.35 bits per heavy atom. The van der Waals surface area contributed by atoms with Crippen molar-refractivity contribution >= 4 is 33.4 Å². The van der Waals surface area contributed by atoms with Crippen molar-refractivity contribution in [1.82, 2.24) is 9.88 Å². The Labute approximate surface area is 139 Å². The average Bonchev–Trinajstić information content (AvgIpc) is 2.80. The van der Waals surface area contributed by atoms with Gasteiger partial charge in [-0.15, -0.1) is 11.3 Å². The van der Waals surface area contributed by atoms with Gasteiger partial charge in [-0.2, -0.15) is 0 Å². The van der Waals surface area contributed by atoms with Crippen LogP contribution in [0.1, 0.15) is 46.8 Å². The predicted octanol–water partition coefficient (Wildman–Crippen LogP) is 3.55. The Balaban J connectivity index is 2.53. The highest BCUT2D eigenvalue weighted by atomic mass is 32.1. The summed E-state index contributed by atoms with van der Waals surface area (Å²) in [5.41, 5.74) is 2.90. The zero-order chi connectivity index (χ0) is 17.3. The molecule has 0 aliphatic heterocycles. The van der Waals surface area contributed by atoms with Crippen LogP contribution in [0.2, 0.25) is 0 Å². The lowest BCUT2D eigenvalue weighted by molar-refractivity contribution is -0.138. The van der Waals surface area contributed by atoms with Crippen LogP contribution in [0.25, 0.3) is 10.2 Å². The number of nitrogens with zero attached hydrogens (tertiary/aromatic N) is 2. The minimum absolute atomic E-state index is 0.126. The van der Waals surface area contributed by atoms with Crippen molar-refractivity contribution in [3.05, 3.63) is 27.8 Å². The smallest absolute Gasteiger partial charge is 0.323 e. The van der Waals surface area contributed by atoms with Gasteiger partial charge in [-0.05, 0) is 51.3 Å². The van der Waals surface area contributed by atoms with Gasteiger partial charge in [0.2, 0.25) is 0 Å². The standard InChI is InChI=1S/C17H22N2O3S/c1-6-11(4)19(8-13(20)21)17(22)15-12(5)14-9(2)7-10(3)18-16(14)23-15/h7,11H,6,8H2,1-5H3,(H,20,21). The third-order valence-electron chi connectivity index (χ3n) is 4.11. The van der Waals surface area contributed by atoms with Crippen molar-refractivity contribution in [2.75, 3.05) is 6.54 Å². The highest BCUT2D eigenvalue weighted by molar-refractivity contribution is 7.20. The van der Waals surface area contributed by atoms with Crippen LogP contribution in [0.4, 0.5) is 0 Å². The van der Waals surface area contributed by atoms with Gasteiger partial charge in [-0.3, -0.25) is 9.59 Å². The SMILES string of the molecule is CCC(C)N(CC(=O)O)C(=O)c1sc2nc(C)cc(C)c2c1C. The molecular weight excluding hydrogens is 312 g/mol. The molecule has 2 aromatic heterocycles.